The Hall–Kier alpha value is -3.28. The van der Waals surface area contributed by atoms with E-state index in [1.54, 1.807) is 19.5 Å². The number of hydrogen-bond donors (Lipinski definition) is 1. The minimum Gasteiger partial charge on any atom is -0.495 e. The molecule has 1 N–H and O–H groups in total. The number of aromatic nitrogens is 2. The van der Waals surface area contributed by atoms with Crippen molar-refractivity contribution >= 4 is 17.3 Å². The van der Waals surface area contributed by atoms with Gasteiger partial charge in [0.15, 0.2) is 0 Å². The summed E-state index contributed by atoms with van der Waals surface area (Å²) in [7, 11) is 1.69. The molecule has 1 unspecified atom stereocenters. The number of methoxy groups -OCH3 is 1. The highest BCUT2D eigenvalue weighted by Gasteiger charge is 2.31. The highest BCUT2D eigenvalue weighted by Crippen LogP contribution is 2.44. The number of fused-ring (bicyclic) bond motifs is 1. The molecule has 2 aliphatic rings. The van der Waals surface area contributed by atoms with Crippen LogP contribution in [0.3, 0.4) is 0 Å². The number of pyridine rings is 1. The third kappa shape index (κ3) is 3.14. The van der Waals surface area contributed by atoms with Crippen LogP contribution in [0.4, 0.5) is 11.4 Å². The molecular weight excluding hydrogens is 364 g/mol. The van der Waals surface area contributed by atoms with Crippen LogP contribution in [0.1, 0.15) is 36.4 Å². The van der Waals surface area contributed by atoms with Crippen molar-refractivity contribution in [1.29, 1.82) is 0 Å². The number of hydrogen-bond acceptors (Lipinski definition) is 4. The molecule has 1 amide bonds. The zero-order chi connectivity index (χ0) is 19.8. The van der Waals surface area contributed by atoms with Gasteiger partial charge in [-0.2, -0.15) is 0 Å². The van der Waals surface area contributed by atoms with Crippen molar-refractivity contribution in [1.82, 2.24) is 9.55 Å². The molecule has 29 heavy (non-hydrogen) atoms. The van der Waals surface area contributed by atoms with Gasteiger partial charge in [0.2, 0.25) is 5.91 Å². The average Bonchev–Trinajstić information content (AvgIpc) is 3.45. The van der Waals surface area contributed by atoms with E-state index in [2.05, 4.69) is 31.9 Å². The fourth-order valence-electron chi connectivity index (χ4n) is 4.53. The van der Waals surface area contributed by atoms with Gasteiger partial charge in [-0.25, -0.2) is 0 Å². The third-order valence-electron chi connectivity index (χ3n) is 5.92. The summed E-state index contributed by atoms with van der Waals surface area (Å²) in [5, 5.41) is 3.05. The summed E-state index contributed by atoms with van der Waals surface area (Å²) >= 11 is 0. The van der Waals surface area contributed by atoms with Crippen molar-refractivity contribution in [2.45, 2.75) is 25.2 Å². The lowest BCUT2D eigenvalue weighted by Crippen LogP contribution is -2.26. The first-order chi connectivity index (χ1) is 14.2. The summed E-state index contributed by atoms with van der Waals surface area (Å²) < 4.78 is 7.82. The molecule has 0 aliphatic carbocycles. The first-order valence-corrected chi connectivity index (χ1v) is 10.1. The average molecular weight is 388 g/mol. The Morgan fingerprint density at radius 3 is 2.69 bits per heavy atom. The zero-order valence-electron chi connectivity index (χ0n) is 16.5. The zero-order valence-corrected chi connectivity index (χ0v) is 16.5. The molecule has 6 nitrogen and oxygen atoms in total. The molecule has 0 radical (unpaired) electrons. The lowest BCUT2D eigenvalue weighted by atomic mass is 9.87. The smallest absolute Gasteiger partial charge is 0.225 e. The van der Waals surface area contributed by atoms with Crippen molar-refractivity contribution in [2.75, 3.05) is 30.4 Å². The number of carbonyl (C=O) groups is 1. The molecule has 1 fully saturated rings. The van der Waals surface area contributed by atoms with E-state index in [1.165, 1.54) is 12.8 Å². The van der Waals surface area contributed by atoms with Crippen LogP contribution < -0.4 is 15.0 Å². The van der Waals surface area contributed by atoms with Crippen LogP contribution in [0.5, 0.6) is 5.75 Å². The van der Waals surface area contributed by atoms with Crippen molar-refractivity contribution in [2.24, 2.45) is 0 Å². The van der Waals surface area contributed by atoms with Crippen LogP contribution in [0.2, 0.25) is 0 Å². The standard InChI is InChI=1S/C23H24N4O2/c1-29-22-15-19-17(13-21(22)26-10-2-3-11-26)18(14-23(28)25-19)20-5-4-12-27(20)16-6-8-24-9-7-16/h4-9,12-13,15,18H,2-3,10-11,14H2,1H3,(H,25,28). The van der Waals surface area contributed by atoms with Gasteiger partial charge in [0.05, 0.1) is 12.8 Å². The van der Waals surface area contributed by atoms with E-state index in [-0.39, 0.29) is 11.8 Å². The third-order valence-corrected chi connectivity index (χ3v) is 5.92. The Morgan fingerprint density at radius 2 is 1.93 bits per heavy atom. The number of rotatable bonds is 4. The predicted octanol–water partition coefficient (Wildman–Crippen LogP) is 3.96. The lowest BCUT2D eigenvalue weighted by Gasteiger charge is -2.30. The van der Waals surface area contributed by atoms with Crippen LogP contribution in [0, 0.1) is 0 Å². The SMILES string of the molecule is COc1cc2c(cc1N1CCCC1)C(c1cccn1-c1ccncc1)CC(=O)N2. The van der Waals surface area contributed by atoms with E-state index in [0.29, 0.717) is 6.42 Å². The number of nitrogens with one attached hydrogen (secondary N) is 1. The lowest BCUT2D eigenvalue weighted by molar-refractivity contribution is -0.116. The molecule has 2 aromatic heterocycles. The molecule has 3 aromatic rings. The summed E-state index contributed by atoms with van der Waals surface area (Å²) in [6, 6.07) is 12.3. The van der Waals surface area contributed by atoms with Crippen LogP contribution in [-0.4, -0.2) is 35.7 Å². The number of amides is 1. The van der Waals surface area contributed by atoms with Crippen LogP contribution >= 0.6 is 0 Å². The second kappa shape index (κ2) is 7.28. The Bertz CT molecular complexity index is 1040. The quantitative estimate of drug-likeness (QED) is 0.735. The summed E-state index contributed by atoms with van der Waals surface area (Å²) in [6.07, 6.45) is 8.44. The first-order valence-electron chi connectivity index (χ1n) is 10.1. The predicted molar refractivity (Wildman–Crippen MR) is 113 cm³/mol. The highest BCUT2D eigenvalue weighted by atomic mass is 16.5. The van der Waals surface area contributed by atoms with Crippen LogP contribution in [0.25, 0.3) is 5.69 Å². The van der Waals surface area contributed by atoms with Crippen molar-refractivity contribution < 1.29 is 9.53 Å². The normalized spacial score (nSPS) is 18.4. The number of anilines is 2. The Labute approximate surface area is 170 Å². The Balaban J connectivity index is 1.63. The molecule has 0 saturated carbocycles. The van der Waals surface area contributed by atoms with Crippen molar-refractivity contribution in [3.63, 3.8) is 0 Å². The summed E-state index contributed by atoms with van der Waals surface area (Å²) in [4.78, 5) is 19.0. The fourth-order valence-corrected chi connectivity index (χ4v) is 4.53. The maximum Gasteiger partial charge on any atom is 0.225 e. The van der Waals surface area contributed by atoms with Crippen molar-refractivity contribution in [3.8, 4) is 11.4 Å². The molecule has 148 valence electrons. The molecule has 0 bridgehead atoms. The number of carbonyl (C=O) groups excluding carboxylic acids is 1. The first kappa shape index (κ1) is 17.8. The van der Waals surface area contributed by atoms with E-state index in [9.17, 15) is 4.79 Å². The molecule has 4 heterocycles. The van der Waals surface area contributed by atoms with Crippen molar-refractivity contribution in [3.05, 3.63) is 66.2 Å². The maximum absolute atomic E-state index is 12.5. The number of nitrogens with zero attached hydrogens (tertiary/aromatic N) is 3. The van der Waals surface area contributed by atoms with E-state index in [0.717, 1.165) is 47.2 Å². The minimum absolute atomic E-state index is 0.0193. The molecule has 1 aromatic carbocycles. The van der Waals surface area contributed by atoms with Gasteiger partial charge in [0.1, 0.15) is 5.75 Å². The van der Waals surface area contributed by atoms with Gasteiger partial charge in [0.25, 0.3) is 0 Å². The van der Waals surface area contributed by atoms with Gasteiger partial charge in [0, 0.05) is 67.2 Å². The van der Waals surface area contributed by atoms with Gasteiger partial charge < -0.3 is 19.5 Å². The van der Waals surface area contributed by atoms with E-state index in [4.69, 9.17) is 4.74 Å². The summed E-state index contributed by atoms with van der Waals surface area (Å²) in [6.45, 7) is 2.08. The second-order valence-electron chi connectivity index (χ2n) is 7.62. The fraction of sp³-hybridized carbons (Fsp3) is 0.304. The monoisotopic (exact) mass is 388 g/mol. The largest absolute Gasteiger partial charge is 0.495 e. The highest BCUT2D eigenvalue weighted by molar-refractivity contribution is 5.96. The molecule has 0 spiro atoms. The summed E-state index contributed by atoms with van der Waals surface area (Å²) in [5.74, 6) is 0.825. The van der Waals surface area contributed by atoms with Gasteiger partial charge in [-0.15, -0.1) is 0 Å². The second-order valence-corrected chi connectivity index (χ2v) is 7.62. The van der Waals surface area contributed by atoms with Gasteiger partial charge in [-0.1, -0.05) is 0 Å². The molecule has 6 heteroatoms. The Morgan fingerprint density at radius 1 is 1.14 bits per heavy atom. The van der Waals surface area contributed by atoms with E-state index in [1.807, 2.05) is 30.5 Å². The van der Waals surface area contributed by atoms with Crippen LogP contribution in [0.15, 0.2) is 55.0 Å². The molecule has 5 rings (SSSR count). The topological polar surface area (TPSA) is 59.4 Å². The molecular formula is C23H24N4O2. The maximum atomic E-state index is 12.5. The van der Waals surface area contributed by atoms with Crippen LogP contribution in [-0.2, 0) is 4.79 Å². The van der Waals surface area contributed by atoms with E-state index >= 15 is 0 Å². The van der Waals surface area contributed by atoms with Gasteiger partial charge in [-0.05, 0) is 48.7 Å². The minimum atomic E-state index is -0.0193. The molecule has 1 atom stereocenters. The van der Waals surface area contributed by atoms with Gasteiger partial charge in [-0.3, -0.25) is 9.78 Å². The van der Waals surface area contributed by atoms with Gasteiger partial charge >= 0.3 is 0 Å². The van der Waals surface area contributed by atoms with E-state index < -0.39 is 0 Å². The molecule has 2 aliphatic heterocycles. The number of ether oxygens (including phenoxy) is 1. The number of benzene rings is 1. The summed E-state index contributed by atoms with van der Waals surface area (Å²) in [5.41, 5.74) is 5.24. The molecule has 1 saturated heterocycles. The Kier molecular flexibility index (Phi) is 4.46.